The topological polar surface area (TPSA) is 43.4 Å². The summed E-state index contributed by atoms with van der Waals surface area (Å²) >= 11 is 1.17. The van der Waals surface area contributed by atoms with Gasteiger partial charge in [-0.1, -0.05) is 30.0 Å². The number of thioether (sulfide) groups is 1. The van der Waals surface area contributed by atoms with Gasteiger partial charge in [0.25, 0.3) is 0 Å². The fourth-order valence-electron chi connectivity index (χ4n) is 1.67. The fourth-order valence-corrected chi connectivity index (χ4v) is 2.59. The van der Waals surface area contributed by atoms with Crippen LogP contribution >= 0.6 is 11.8 Å². The second-order valence-corrected chi connectivity index (χ2v) is 5.03. The summed E-state index contributed by atoms with van der Waals surface area (Å²) in [7, 11) is 0. The van der Waals surface area contributed by atoms with Gasteiger partial charge in [-0.25, -0.2) is 0 Å². The predicted molar refractivity (Wildman–Crippen MR) is 74.0 cm³/mol. The van der Waals surface area contributed by atoms with Crippen LogP contribution in [0.1, 0.15) is 34.8 Å². The van der Waals surface area contributed by atoms with Crippen LogP contribution in [0.15, 0.2) is 18.2 Å². The number of esters is 1. The molecule has 0 fully saturated rings. The zero-order chi connectivity index (χ0) is 13.5. The van der Waals surface area contributed by atoms with Gasteiger partial charge >= 0.3 is 5.97 Å². The van der Waals surface area contributed by atoms with Gasteiger partial charge in [0, 0.05) is 11.3 Å². The summed E-state index contributed by atoms with van der Waals surface area (Å²) in [5.41, 5.74) is 2.71. The summed E-state index contributed by atoms with van der Waals surface area (Å²) in [5.74, 6) is 0.213. The van der Waals surface area contributed by atoms with Gasteiger partial charge in [0.1, 0.15) is 0 Å². The lowest BCUT2D eigenvalue weighted by Crippen LogP contribution is -2.07. The van der Waals surface area contributed by atoms with Crippen LogP contribution in [0.4, 0.5) is 0 Å². The molecule has 0 amide bonds. The van der Waals surface area contributed by atoms with Crippen molar-refractivity contribution < 1.29 is 14.3 Å². The number of benzene rings is 1. The molecule has 0 heterocycles. The van der Waals surface area contributed by atoms with Crippen molar-refractivity contribution in [3.63, 3.8) is 0 Å². The molecule has 1 aromatic rings. The van der Waals surface area contributed by atoms with E-state index in [4.69, 9.17) is 4.74 Å². The maximum atomic E-state index is 12.0. The Balaban J connectivity index is 2.53. The minimum absolute atomic E-state index is 0.0231. The Labute approximate surface area is 112 Å². The molecule has 0 saturated carbocycles. The van der Waals surface area contributed by atoms with E-state index in [2.05, 4.69) is 0 Å². The Kier molecular flexibility index (Phi) is 5.92. The van der Waals surface area contributed by atoms with Gasteiger partial charge in [-0.15, -0.1) is 0 Å². The average molecular weight is 266 g/mol. The number of carbonyl (C=O) groups is 2. The van der Waals surface area contributed by atoms with Crippen LogP contribution in [0.25, 0.3) is 0 Å². The molecule has 0 N–H and O–H groups in total. The SMILES string of the molecule is CCOC(=O)CCSC(=O)c1c(C)cccc1C. The Morgan fingerprint density at radius 2 is 1.83 bits per heavy atom. The number of hydrogen-bond donors (Lipinski definition) is 0. The second-order valence-electron chi connectivity index (χ2n) is 3.96. The molecule has 4 heteroatoms. The maximum absolute atomic E-state index is 12.0. The smallest absolute Gasteiger partial charge is 0.306 e. The van der Waals surface area contributed by atoms with Crippen LogP contribution in [-0.2, 0) is 9.53 Å². The van der Waals surface area contributed by atoms with E-state index in [1.807, 2.05) is 32.0 Å². The summed E-state index contributed by atoms with van der Waals surface area (Å²) in [6.07, 6.45) is 0.273. The highest BCUT2D eigenvalue weighted by atomic mass is 32.2. The molecule has 0 aliphatic rings. The molecule has 98 valence electrons. The van der Waals surface area contributed by atoms with Gasteiger partial charge in [-0.2, -0.15) is 0 Å². The Morgan fingerprint density at radius 3 is 2.39 bits per heavy atom. The van der Waals surface area contributed by atoms with E-state index in [1.165, 1.54) is 11.8 Å². The Hall–Kier alpha value is -1.29. The van der Waals surface area contributed by atoms with Crippen molar-refractivity contribution in [2.75, 3.05) is 12.4 Å². The third-order valence-electron chi connectivity index (χ3n) is 2.53. The van der Waals surface area contributed by atoms with Crippen LogP contribution in [0.2, 0.25) is 0 Å². The van der Waals surface area contributed by atoms with Crippen molar-refractivity contribution in [3.8, 4) is 0 Å². The van der Waals surface area contributed by atoms with Crippen molar-refractivity contribution in [1.82, 2.24) is 0 Å². The molecule has 0 aliphatic carbocycles. The third-order valence-corrected chi connectivity index (χ3v) is 3.40. The molecule has 0 bridgehead atoms. The molecule has 0 aromatic heterocycles. The average Bonchev–Trinajstić information content (AvgIpc) is 2.29. The lowest BCUT2D eigenvalue weighted by Gasteiger charge is -2.07. The maximum Gasteiger partial charge on any atom is 0.306 e. The van der Waals surface area contributed by atoms with E-state index < -0.39 is 0 Å². The van der Waals surface area contributed by atoms with E-state index >= 15 is 0 Å². The van der Waals surface area contributed by atoms with E-state index in [1.54, 1.807) is 6.92 Å². The predicted octanol–water partition coefficient (Wildman–Crippen LogP) is 3.13. The van der Waals surface area contributed by atoms with E-state index in [0.717, 1.165) is 16.7 Å². The summed E-state index contributed by atoms with van der Waals surface area (Å²) in [4.78, 5) is 23.2. The zero-order valence-corrected chi connectivity index (χ0v) is 11.8. The Morgan fingerprint density at radius 1 is 1.22 bits per heavy atom. The first-order chi connectivity index (χ1) is 8.56. The molecular formula is C14H18O3S. The summed E-state index contributed by atoms with van der Waals surface area (Å²) < 4.78 is 4.81. The summed E-state index contributed by atoms with van der Waals surface area (Å²) in [6, 6.07) is 5.78. The van der Waals surface area contributed by atoms with E-state index in [-0.39, 0.29) is 17.5 Å². The summed E-state index contributed by atoms with van der Waals surface area (Å²) in [5, 5.41) is 0.0231. The molecule has 3 nitrogen and oxygen atoms in total. The highest BCUT2D eigenvalue weighted by Crippen LogP contribution is 2.20. The van der Waals surface area contributed by atoms with Crippen molar-refractivity contribution in [2.45, 2.75) is 27.2 Å². The van der Waals surface area contributed by atoms with Crippen LogP contribution < -0.4 is 0 Å². The number of hydrogen-bond acceptors (Lipinski definition) is 4. The molecule has 1 aromatic carbocycles. The van der Waals surface area contributed by atoms with Crippen LogP contribution in [-0.4, -0.2) is 23.4 Å². The first-order valence-corrected chi connectivity index (χ1v) is 6.93. The molecule has 18 heavy (non-hydrogen) atoms. The molecule has 0 atom stereocenters. The van der Waals surface area contributed by atoms with Gasteiger partial charge in [-0.3, -0.25) is 9.59 Å². The number of aryl methyl sites for hydroxylation is 2. The molecule has 0 radical (unpaired) electrons. The van der Waals surface area contributed by atoms with Crippen molar-refractivity contribution in [1.29, 1.82) is 0 Å². The lowest BCUT2D eigenvalue weighted by molar-refractivity contribution is -0.142. The van der Waals surface area contributed by atoms with Crippen molar-refractivity contribution >= 4 is 22.8 Å². The van der Waals surface area contributed by atoms with Gasteiger partial charge in [-0.05, 0) is 31.9 Å². The minimum Gasteiger partial charge on any atom is -0.466 e. The van der Waals surface area contributed by atoms with Crippen LogP contribution in [0.5, 0.6) is 0 Å². The van der Waals surface area contributed by atoms with E-state index in [0.29, 0.717) is 12.4 Å². The number of ether oxygens (including phenoxy) is 1. The minimum atomic E-state index is -0.251. The number of carbonyl (C=O) groups excluding carboxylic acids is 2. The zero-order valence-electron chi connectivity index (χ0n) is 11.0. The van der Waals surface area contributed by atoms with Gasteiger partial charge < -0.3 is 4.74 Å². The van der Waals surface area contributed by atoms with Crippen molar-refractivity contribution in [2.24, 2.45) is 0 Å². The molecule has 0 aliphatic heterocycles. The third kappa shape index (κ3) is 4.18. The molecule has 0 spiro atoms. The van der Waals surface area contributed by atoms with Gasteiger partial charge in [0.15, 0.2) is 0 Å². The largest absolute Gasteiger partial charge is 0.466 e. The standard InChI is InChI=1S/C14H18O3S/c1-4-17-12(15)8-9-18-14(16)13-10(2)6-5-7-11(13)3/h5-7H,4,8-9H2,1-3H3. The molecule has 1 rings (SSSR count). The van der Waals surface area contributed by atoms with Crippen LogP contribution in [0, 0.1) is 13.8 Å². The Bertz CT molecular complexity index is 420. The highest BCUT2D eigenvalue weighted by Gasteiger charge is 2.13. The molecule has 0 saturated heterocycles. The van der Waals surface area contributed by atoms with Crippen LogP contribution in [0.3, 0.4) is 0 Å². The van der Waals surface area contributed by atoms with Crippen molar-refractivity contribution in [3.05, 3.63) is 34.9 Å². The second kappa shape index (κ2) is 7.21. The quantitative estimate of drug-likeness (QED) is 0.768. The van der Waals surface area contributed by atoms with Gasteiger partial charge in [0.05, 0.1) is 13.0 Å². The molecule has 0 unspecified atom stereocenters. The van der Waals surface area contributed by atoms with E-state index in [9.17, 15) is 9.59 Å². The first-order valence-electron chi connectivity index (χ1n) is 5.95. The fraction of sp³-hybridized carbons (Fsp3) is 0.429. The normalized spacial score (nSPS) is 10.2. The highest BCUT2D eigenvalue weighted by molar-refractivity contribution is 8.14. The lowest BCUT2D eigenvalue weighted by atomic mass is 10.0. The monoisotopic (exact) mass is 266 g/mol. The first kappa shape index (κ1) is 14.8. The summed E-state index contributed by atoms with van der Waals surface area (Å²) in [6.45, 7) is 6.00. The molecular weight excluding hydrogens is 248 g/mol. The van der Waals surface area contributed by atoms with Gasteiger partial charge in [0.2, 0.25) is 5.12 Å². The number of rotatable bonds is 5.